The molecule has 5 heteroatoms. The van der Waals surface area contributed by atoms with Gasteiger partial charge in [-0.2, -0.15) is 11.8 Å². The van der Waals surface area contributed by atoms with Crippen LogP contribution in [0.1, 0.15) is 32.1 Å². The maximum absolute atomic E-state index is 6.16. The van der Waals surface area contributed by atoms with Crippen LogP contribution in [0.5, 0.6) is 0 Å². The number of hydrogen-bond acceptors (Lipinski definition) is 5. The largest absolute Gasteiger partial charge is 0.375 e. The molecule has 0 aromatic heterocycles. The second-order valence-electron chi connectivity index (χ2n) is 6.26. The first-order valence-electron chi connectivity index (χ1n) is 7.48. The quantitative estimate of drug-likeness (QED) is 0.592. The first-order chi connectivity index (χ1) is 9.15. The molecule has 2 saturated heterocycles. The Balaban J connectivity index is 1.90. The third-order valence-electron chi connectivity index (χ3n) is 4.61. The topological polar surface area (TPSA) is 50.5 Å². The Bertz CT molecular complexity index is 264. The number of nitrogens with two attached hydrogens (primary N) is 1. The lowest BCUT2D eigenvalue weighted by atomic mass is 9.78. The summed E-state index contributed by atoms with van der Waals surface area (Å²) in [4.78, 5) is 2.23. The van der Waals surface area contributed by atoms with E-state index in [9.17, 15) is 0 Å². The minimum atomic E-state index is 0.168. The van der Waals surface area contributed by atoms with Crippen molar-refractivity contribution in [2.45, 2.75) is 43.7 Å². The molecule has 2 rings (SSSR count). The van der Waals surface area contributed by atoms with Crippen molar-refractivity contribution in [3.05, 3.63) is 0 Å². The number of nitrogens with zero attached hydrogens (tertiary/aromatic N) is 1. The van der Waals surface area contributed by atoms with Gasteiger partial charge in [-0.05, 0) is 70.2 Å². The van der Waals surface area contributed by atoms with Crippen molar-refractivity contribution in [3.8, 4) is 0 Å². The van der Waals surface area contributed by atoms with Gasteiger partial charge in [0.1, 0.15) is 0 Å². The number of thioether (sulfide) groups is 1. The second kappa shape index (κ2) is 7.27. The third kappa shape index (κ3) is 4.33. The van der Waals surface area contributed by atoms with Crippen molar-refractivity contribution in [2.24, 2.45) is 11.8 Å². The van der Waals surface area contributed by atoms with Crippen molar-refractivity contribution >= 4 is 11.8 Å². The lowest BCUT2D eigenvalue weighted by Crippen LogP contribution is -2.50. The molecule has 0 bridgehead atoms. The SMILES string of the molecule is CN(C)CCC(NN)C1CCOC2(CCSCC2)C1. The summed E-state index contributed by atoms with van der Waals surface area (Å²) in [6.07, 6.45) is 5.91. The molecule has 0 aliphatic carbocycles. The van der Waals surface area contributed by atoms with Gasteiger partial charge < -0.3 is 9.64 Å². The summed E-state index contributed by atoms with van der Waals surface area (Å²) in [6.45, 7) is 2.00. The lowest BCUT2D eigenvalue weighted by Gasteiger charge is -2.45. The van der Waals surface area contributed by atoms with E-state index in [1.54, 1.807) is 0 Å². The molecule has 112 valence electrons. The molecule has 4 nitrogen and oxygen atoms in total. The minimum absolute atomic E-state index is 0.168. The van der Waals surface area contributed by atoms with Crippen LogP contribution in [0.25, 0.3) is 0 Å². The Morgan fingerprint density at radius 2 is 2.16 bits per heavy atom. The average Bonchev–Trinajstić information content (AvgIpc) is 2.40. The van der Waals surface area contributed by atoms with Crippen molar-refractivity contribution in [3.63, 3.8) is 0 Å². The smallest absolute Gasteiger partial charge is 0.0701 e. The standard InChI is InChI=1S/C14H29N3OS/c1-17(2)7-3-13(16-15)12-4-8-18-14(11-12)5-9-19-10-6-14/h12-13,16H,3-11,15H2,1-2H3. The summed E-state index contributed by atoms with van der Waals surface area (Å²) in [6, 6.07) is 0.428. The van der Waals surface area contributed by atoms with Gasteiger partial charge >= 0.3 is 0 Å². The summed E-state index contributed by atoms with van der Waals surface area (Å²) in [7, 11) is 4.24. The summed E-state index contributed by atoms with van der Waals surface area (Å²) in [5, 5.41) is 0. The van der Waals surface area contributed by atoms with Crippen LogP contribution in [0.4, 0.5) is 0 Å². The van der Waals surface area contributed by atoms with Gasteiger partial charge in [0, 0.05) is 12.6 Å². The summed E-state index contributed by atoms with van der Waals surface area (Å²) >= 11 is 2.07. The molecule has 2 unspecified atom stereocenters. The zero-order valence-corrected chi connectivity index (χ0v) is 13.2. The highest BCUT2D eigenvalue weighted by atomic mass is 32.2. The molecule has 1 spiro atoms. The molecule has 2 heterocycles. The number of nitrogens with one attached hydrogen (secondary N) is 1. The summed E-state index contributed by atoms with van der Waals surface area (Å²) < 4.78 is 6.16. The highest BCUT2D eigenvalue weighted by Crippen LogP contribution is 2.40. The van der Waals surface area contributed by atoms with E-state index >= 15 is 0 Å². The van der Waals surface area contributed by atoms with E-state index in [0.717, 1.165) is 26.0 Å². The van der Waals surface area contributed by atoms with Crippen molar-refractivity contribution in [1.29, 1.82) is 0 Å². The third-order valence-corrected chi connectivity index (χ3v) is 5.59. The average molecular weight is 287 g/mol. The molecular weight excluding hydrogens is 258 g/mol. The second-order valence-corrected chi connectivity index (χ2v) is 7.49. The van der Waals surface area contributed by atoms with E-state index in [1.165, 1.54) is 30.8 Å². The molecule has 19 heavy (non-hydrogen) atoms. The first kappa shape index (κ1) is 15.6. The van der Waals surface area contributed by atoms with E-state index in [1.807, 2.05) is 0 Å². The molecule has 0 amide bonds. The van der Waals surface area contributed by atoms with Gasteiger partial charge in [-0.25, -0.2) is 0 Å². The summed E-state index contributed by atoms with van der Waals surface area (Å²) in [5.74, 6) is 8.97. The maximum Gasteiger partial charge on any atom is 0.0701 e. The van der Waals surface area contributed by atoms with Gasteiger partial charge in [0.15, 0.2) is 0 Å². The monoisotopic (exact) mass is 287 g/mol. The van der Waals surface area contributed by atoms with Crippen LogP contribution in [0.2, 0.25) is 0 Å². The van der Waals surface area contributed by atoms with Gasteiger partial charge in [0.2, 0.25) is 0 Å². The fourth-order valence-corrected chi connectivity index (χ4v) is 4.59. The van der Waals surface area contributed by atoms with Gasteiger partial charge in [-0.3, -0.25) is 11.3 Å². The van der Waals surface area contributed by atoms with E-state index in [-0.39, 0.29) is 5.60 Å². The van der Waals surface area contributed by atoms with Crippen LogP contribution in [-0.4, -0.2) is 55.3 Å². The maximum atomic E-state index is 6.16. The molecular formula is C14H29N3OS. The first-order valence-corrected chi connectivity index (χ1v) is 8.63. The van der Waals surface area contributed by atoms with Crippen LogP contribution < -0.4 is 11.3 Å². The number of hydrogen-bond donors (Lipinski definition) is 2. The Morgan fingerprint density at radius 1 is 1.42 bits per heavy atom. The number of rotatable bonds is 5. The highest BCUT2D eigenvalue weighted by Gasteiger charge is 2.40. The van der Waals surface area contributed by atoms with E-state index < -0.39 is 0 Å². The van der Waals surface area contributed by atoms with Crippen LogP contribution >= 0.6 is 11.8 Å². The number of ether oxygens (including phenoxy) is 1. The molecule has 0 aromatic rings. The minimum Gasteiger partial charge on any atom is -0.375 e. The van der Waals surface area contributed by atoms with Crippen LogP contribution in [-0.2, 0) is 4.74 Å². The highest BCUT2D eigenvalue weighted by molar-refractivity contribution is 7.99. The Labute approximate surface area is 121 Å². The fourth-order valence-electron chi connectivity index (χ4n) is 3.35. The molecule has 2 aliphatic rings. The van der Waals surface area contributed by atoms with Gasteiger partial charge in [-0.1, -0.05) is 0 Å². The van der Waals surface area contributed by atoms with Crippen molar-refractivity contribution < 1.29 is 4.74 Å². The van der Waals surface area contributed by atoms with Gasteiger partial charge in [0.05, 0.1) is 5.60 Å². The molecule has 2 fully saturated rings. The van der Waals surface area contributed by atoms with Gasteiger partial charge in [-0.15, -0.1) is 0 Å². The van der Waals surface area contributed by atoms with Crippen LogP contribution in [0.15, 0.2) is 0 Å². The molecule has 0 radical (unpaired) electrons. The van der Waals surface area contributed by atoms with Crippen molar-refractivity contribution in [2.75, 3.05) is 38.8 Å². The molecule has 0 saturated carbocycles. The predicted octanol–water partition coefficient (Wildman–Crippen LogP) is 1.46. The Hall–Kier alpha value is 0.190. The van der Waals surface area contributed by atoms with Crippen LogP contribution in [0, 0.1) is 5.92 Å². The molecule has 0 aromatic carbocycles. The van der Waals surface area contributed by atoms with Crippen LogP contribution in [0.3, 0.4) is 0 Å². The normalized spacial score (nSPS) is 28.7. The lowest BCUT2D eigenvalue weighted by molar-refractivity contribution is -0.107. The molecule has 3 N–H and O–H groups in total. The fraction of sp³-hybridized carbons (Fsp3) is 1.00. The predicted molar refractivity (Wildman–Crippen MR) is 82.2 cm³/mol. The molecule has 2 atom stereocenters. The van der Waals surface area contributed by atoms with E-state index in [2.05, 4.69) is 36.2 Å². The molecule has 2 aliphatic heterocycles. The van der Waals surface area contributed by atoms with E-state index in [4.69, 9.17) is 10.6 Å². The summed E-state index contributed by atoms with van der Waals surface area (Å²) in [5.41, 5.74) is 3.23. The zero-order chi connectivity index (χ0) is 13.7. The number of hydrazine groups is 1. The van der Waals surface area contributed by atoms with E-state index in [0.29, 0.717) is 12.0 Å². The van der Waals surface area contributed by atoms with Crippen molar-refractivity contribution in [1.82, 2.24) is 10.3 Å². The zero-order valence-electron chi connectivity index (χ0n) is 12.4. The Kier molecular flexibility index (Phi) is 5.96. The Morgan fingerprint density at radius 3 is 2.79 bits per heavy atom. The van der Waals surface area contributed by atoms with Gasteiger partial charge in [0.25, 0.3) is 0 Å².